The fourth-order valence-corrected chi connectivity index (χ4v) is 7.67. The zero-order valence-corrected chi connectivity index (χ0v) is 28.3. The van der Waals surface area contributed by atoms with Crippen molar-refractivity contribution in [2.75, 3.05) is 0 Å². The third kappa shape index (κ3) is 6.19. The van der Waals surface area contributed by atoms with Crippen LogP contribution in [0.4, 0.5) is 0 Å². The second-order valence-corrected chi connectivity index (χ2v) is 15.5. The van der Waals surface area contributed by atoms with Crippen LogP contribution in [-0.4, -0.2) is 16.5 Å². The first-order valence-corrected chi connectivity index (χ1v) is 16.5. The highest BCUT2D eigenvalue weighted by atomic mass is 79.9. The third-order valence-corrected chi connectivity index (χ3v) is 9.95. The molecule has 6 heteroatoms. The van der Waals surface area contributed by atoms with Crippen LogP contribution in [0, 0.1) is 10.8 Å². The second kappa shape index (κ2) is 11.5. The van der Waals surface area contributed by atoms with Gasteiger partial charge in [-0.25, -0.2) is 0 Å². The third-order valence-electron chi connectivity index (χ3n) is 8.80. The highest BCUT2D eigenvalue weighted by Gasteiger charge is 2.49. The monoisotopic (exact) mass is 701 g/mol. The van der Waals surface area contributed by atoms with Gasteiger partial charge in [-0.3, -0.25) is 9.59 Å². The van der Waals surface area contributed by atoms with Crippen molar-refractivity contribution in [3.63, 3.8) is 0 Å². The van der Waals surface area contributed by atoms with Gasteiger partial charge in [0.25, 0.3) is 0 Å². The molecular formula is C37H37Br2NO3. The van der Waals surface area contributed by atoms with E-state index in [4.69, 9.17) is 4.74 Å². The predicted molar refractivity (Wildman–Crippen MR) is 177 cm³/mol. The molecule has 0 saturated heterocycles. The number of hydrogen-bond acceptors (Lipinski definition) is 4. The van der Waals surface area contributed by atoms with Gasteiger partial charge < -0.3 is 9.64 Å². The molecular weight excluding hydrogens is 666 g/mol. The summed E-state index contributed by atoms with van der Waals surface area (Å²) in [4.78, 5) is 30.6. The standard InChI is InChI=1S/C37H37Br2NO3/c1-36(2)17-28-34(30(41)19-36)33(25-12-15-32(27(39)16-25)43-22-24-10-13-26(38)14-11-24)35-29(18-37(3,4)20-31(35)42)40(28)21-23-8-6-5-7-9-23/h5-16,33H,17-22H2,1-4H3. The number of ether oxygens (including phenoxy) is 1. The van der Waals surface area contributed by atoms with Crippen molar-refractivity contribution in [2.24, 2.45) is 10.8 Å². The summed E-state index contributed by atoms with van der Waals surface area (Å²) in [6, 6.07) is 24.5. The van der Waals surface area contributed by atoms with Gasteiger partial charge in [0.2, 0.25) is 0 Å². The average molecular weight is 704 g/mol. The zero-order chi connectivity index (χ0) is 30.5. The van der Waals surface area contributed by atoms with Crippen LogP contribution in [0.1, 0.15) is 76.0 Å². The Morgan fingerprint density at radius 2 is 1.33 bits per heavy atom. The summed E-state index contributed by atoms with van der Waals surface area (Å²) >= 11 is 7.23. The van der Waals surface area contributed by atoms with Crippen molar-refractivity contribution >= 4 is 43.4 Å². The molecule has 0 N–H and O–H groups in total. The molecule has 4 nitrogen and oxygen atoms in total. The van der Waals surface area contributed by atoms with E-state index in [0.29, 0.717) is 26.0 Å². The number of Topliss-reactive ketones (excluding diaryl/α,β-unsaturated/α-hetero) is 2. The van der Waals surface area contributed by atoms with Crippen LogP contribution in [0.25, 0.3) is 0 Å². The van der Waals surface area contributed by atoms with Crippen LogP contribution in [-0.2, 0) is 22.7 Å². The second-order valence-electron chi connectivity index (χ2n) is 13.7. The molecule has 0 aromatic heterocycles. The lowest BCUT2D eigenvalue weighted by molar-refractivity contribution is -0.119. The van der Waals surface area contributed by atoms with Crippen molar-refractivity contribution in [1.82, 2.24) is 4.90 Å². The zero-order valence-electron chi connectivity index (χ0n) is 25.2. The number of allylic oxidation sites excluding steroid dienone is 4. The van der Waals surface area contributed by atoms with Crippen molar-refractivity contribution in [1.29, 1.82) is 0 Å². The molecule has 222 valence electrons. The van der Waals surface area contributed by atoms with Gasteiger partial charge in [0.05, 0.1) is 4.47 Å². The summed E-state index contributed by atoms with van der Waals surface area (Å²) in [6.07, 6.45) is 2.52. The van der Waals surface area contributed by atoms with E-state index < -0.39 is 0 Å². The minimum Gasteiger partial charge on any atom is -0.488 e. The maximum atomic E-state index is 14.1. The van der Waals surface area contributed by atoms with Gasteiger partial charge in [-0.05, 0) is 80.6 Å². The molecule has 6 rings (SSSR count). The lowest BCUT2D eigenvalue weighted by Crippen LogP contribution is -2.44. The maximum absolute atomic E-state index is 14.1. The lowest BCUT2D eigenvalue weighted by atomic mass is 9.63. The topological polar surface area (TPSA) is 46.6 Å². The Morgan fingerprint density at radius 1 is 0.744 bits per heavy atom. The minimum atomic E-state index is -0.388. The van der Waals surface area contributed by atoms with Gasteiger partial charge in [-0.1, -0.05) is 92.2 Å². The fraction of sp³-hybridized carbons (Fsp3) is 0.351. The van der Waals surface area contributed by atoms with Crippen molar-refractivity contribution < 1.29 is 14.3 Å². The van der Waals surface area contributed by atoms with Crippen LogP contribution < -0.4 is 4.74 Å². The van der Waals surface area contributed by atoms with E-state index in [1.165, 1.54) is 5.56 Å². The van der Waals surface area contributed by atoms with Crippen LogP contribution in [0.3, 0.4) is 0 Å². The molecule has 0 unspecified atom stereocenters. The molecule has 3 aromatic rings. The van der Waals surface area contributed by atoms with Gasteiger partial charge >= 0.3 is 0 Å². The maximum Gasteiger partial charge on any atom is 0.162 e. The van der Waals surface area contributed by atoms with E-state index in [1.54, 1.807) is 0 Å². The Morgan fingerprint density at radius 3 is 1.88 bits per heavy atom. The van der Waals surface area contributed by atoms with Gasteiger partial charge in [0.15, 0.2) is 11.6 Å². The molecule has 3 aliphatic rings. The Balaban J connectivity index is 1.45. The molecule has 0 amide bonds. The molecule has 0 atom stereocenters. The molecule has 43 heavy (non-hydrogen) atoms. The molecule has 0 fully saturated rings. The largest absolute Gasteiger partial charge is 0.488 e. The van der Waals surface area contributed by atoms with Gasteiger partial charge in [-0.15, -0.1) is 0 Å². The normalized spacial score (nSPS) is 19.8. The molecule has 0 spiro atoms. The van der Waals surface area contributed by atoms with Crippen molar-refractivity contribution in [2.45, 2.75) is 72.4 Å². The van der Waals surface area contributed by atoms with Crippen LogP contribution in [0.5, 0.6) is 5.75 Å². The first kappa shape index (κ1) is 30.1. The SMILES string of the molecule is CC1(C)CC(=O)C2=C(C1)N(Cc1ccccc1)C1=C(C(=O)CC(C)(C)C1)C2c1ccc(OCc2ccc(Br)cc2)c(Br)c1. The van der Waals surface area contributed by atoms with Crippen LogP contribution in [0.15, 0.2) is 104 Å². The Hall–Kier alpha value is -2.96. The van der Waals surface area contributed by atoms with Gasteiger partial charge in [0, 0.05) is 52.3 Å². The number of rotatable bonds is 6. The molecule has 1 aliphatic heterocycles. The first-order valence-electron chi connectivity index (χ1n) is 14.9. The Kier molecular flexibility index (Phi) is 8.06. The van der Waals surface area contributed by atoms with Gasteiger partial charge in [-0.2, -0.15) is 0 Å². The Labute approximate surface area is 271 Å². The molecule has 1 heterocycles. The molecule has 3 aromatic carbocycles. The van der Waals surface area contributed by atoms with Crippen molar-refractivity contribution in [3.8, 4) is 5.75 Å². The summed E-state index contributed by atoms with van der Waals surface area (Å²) in [6.45, 7) is 9.80. The summed E-state index contributed by atoms with van der Waals surface area (Å²) in [7, 11) is 0. The van der Waals surface area contributed by atoms with E-state index in [-0.39, 0.29) is 28.3 Å². The van der Waals surface area contributed by atoms with Crippen molar-refractivity contribution in [3.05, 3.63) is 121 Å². The molecule has 2 aliphatic carbocycles. The molecule has 0 radical (unpaired) electrons. The van der Waals surface area contributed by atoms with E-state index in [9.17, 15) is 9.59 Å². The van der Waals surface area contributed by atoms with Gasteiger partial charge in [0.1, 0.15) is 12.4 Å². The predicted octanol–water partition coefficient (Wildman–Crippen LogP) is 9.68. The Bertz CT molecular complexity index is 1600. The van der Waals surface area contributed by atoms with E-state index >= 15 is 0 Å². The molecule has 0 bridgehead atoms. The number of carbonyl (C=O) groups excluding carboxylic acids is 2. The quantitative estimate of drug-likeness (QED) is 0.257. The number of benzene rings is 3. The van der Waals surface area contributed by atoms with E-state index in [0.717, 1.165) is 61.2 Å². The lowest BCUT2D eigenvalue weighted by Gasteiger charge is -2.49. The van der Waals surface area contributed by atoms with E-state index in [1.807, 2.05) is 48.5 Å². The summed E-state index contributed by atoms with van der Waals surface area (Å²) in [5.74, 6) is 0.625. The summed E-state index contributed by atoms with van der Waals surface area (Å²) in [5, 5.41) is 0. The average Bonchev–Trinajstić information content (AvgIpc) is 2.93. The number of ketones is 2. The summed E-state index contributed by atoms with van der Waals surface area (Å²) < 4.78 is 8.01. The first-order chi connectivity index (χ1) is 20.4. The highest BCUT2D eigenvalue weighted by Crippen LogP contribution is 2.55. The highest BCUT2D eigenvalue weighted by molar-refractivity contribution is 9.10. The fourth-order valence-electron chi connectivity index (χ4n) is 6.89. The van der Waals surface area contributed by atoms with Crippen LogP contribution in [0.2, 0.25) is 0 Å². The van der Waals surface area contributed by atoms with Crippen LogP contribution >= 0.6 is 31.9 Å². The number of hydrogen-bond donors (Lipinski definition) is 0. The molecule has 0 saturated carbocycles. The number of nitrogens with zero attached hydrogens (tertiary/aromatic N) is 1. The summed E-state index contributed by atoms with van der Waals surface area (Å²) in [5.41, 5.74) is 6.59. The number of halogens is 2. The van der Waals surface area contributed by atoms with E-state index in [2.05, 4.69) is 88.7 Å². The minimum absolute atomic E-state index is 0.144. The number of carbonyl (C=O) groups is 2. The smallest absolute Gasteiger partial charge is 0.162 e.